The molecule has 1 saturated heterocycles. The number of rotatable bonds is 10. The van der Waals surface area contributed by atoms with Crippen LogP contribution in [0.2, 0.25) is 0 Å². The van der Waals surface area contributed by atoms with Crippen LogP contribution in [0.3, 0.4) is 0 Å². The lowest BCUT2D eigenvalue weighted by molar-refractivity contribution is -0.114. The van der Waals surface area contributed by atoms with E-state index in [1.165, 1.54) is 6.92 Å². The Morgan fingerprint density at radius 3 is 2.33 bits per heavy atom. The number of para-hydroxylation sites is 2. The maximum Gasteiger partial charge on any atom is 0.322 e. The maximum atomic E-state index is 13.1. The lowest BCUT2D eigenvalue weighted by atomic mass is 10.2. The molecular weight excluding hydrogens is 498 g/mol. The Hall–Kier alpha value is -4.35. The van der Waals surface area contributed by atoms with Gasteiger partial charge in [0, 0.05) is 63.9 Å². The van der Waals surface area contributed by atoms with Crippen LogP contribution in [0.5, 0.6) is 0 Å². The molecule has 1 aromatic carbocycles. The summed E-state index contributed by atoms with van der Waals surface area (Å²) in [6.07, 6.45) is 5.66. The average Bonchev–Trinajstić information content (AvgIpc) is 2.95. The minimum Gasteiger partial charge on any atom is -0.379 e. The number of nitrogens with one attached hydrogen (secondary N) is 3. The van der Waals surface area contributed by atoms with Crippen molar-refractivity contribution in [3.63, 3.8) is 0 Å². The van der Waals surface area contributed by atoms with Gasteiger partial charge in [-0.3, -0.25) is 24.5 Å². The Morgan fingerprint density at radius 2 is 1.67 bits per heavy atom. The molecular formula is C28H33N7O4. The third-order valence-electron chi connectivity index (χ3n) is 6.14. The third kappa shape index (κ3) is 8.59. The van der Waals surface area contributed by atoms with E-state index in [4.69, 9.17) is 4.74 Å². The molecule has 0 unspecified atom stereocenters. The van der Waals surface area contributed by atoms with Gasteiger partial charge in [-0.15, -0.1) is 0 Å². The summed E-state index contributed by atoms with van der Waals surface area (Å²) in [6.45, 7) is 6.42. The van der Waals surface area contributed by atoms with Gasteiger partial charge in [0.2, 0.25) is 5.91 Å². The highest BCUT2D eigenvalue weighted by Crippen LogP contribution is 2.21. The number of nitrogens with zero attached hydrogens (tertiary/aromatic N) is 4. The number of hydrogen-bond donors (Lipinski definition) is 3. The van der Waals surface area contributed by atoms with Gasteiger partial charge >= 0.3 is 6.03 Å². The largest absolute Gasteiger partial charge is 0.379 e. The number of morpholine rings is 1. The summed E-state index contributed by atoms with van der Waals surface area (Å²) in [7, 11) is 0. The second kappa shape index (κ2) is 14.0. The van der Waals surface area contributed by atoms with Gasteiger partial charge in [-0.2, -0.15) is 0 Å². The fourth-order valence-corrected chi connectivity index (χ4v) is 4.15. The first-order valence-corrected chi connectivity index (χ1v) is 12.9. The van der Waals surface area contributed by atoms with Gasteiger partial charge in [-0.1, -0.05) is 18.2 Å². The van der Waals surface area contributed by atoms with E-state index in [2.05, 4.69) is 30.8 Å². The first kappa shape index (κ1) is 27.7. The van der Waals surface area contributed by atoms with Gasteiger partial charge in [-0.05, 0) is 42.3 Å². The number of anilines is 3. The molecule has 11 heteroatoms. The molecule has 39 heavy (non-hydrogen) atoms. The van der Waals surface area contributed by atoms with E-state index in [1.807, 2.05) is 0 Å². The molecule has 4 amide bonds. The fraction of sp³-hybridized carbons (Fsp3) is 0.321. The van der Waals surface area contributed by atoms with Crippen molar-refractivity contribution in [3.8, 4) is 0 Å². The molecule has 0 radical (unpaired) electrons. The summed E-state index contributed by atoms with van der Waals surface area (Å²) in [6, 6.07) is 13.6. The second-order valence-electron chi connectivity index (χ2n) is 9.13. The van der Waals surface area contributed by atoms with Crippen molar-refractivity contribution in [1.29, 1.82) is 0 Å². The van der Waals surface area contributed by atoms with Crippen LogP contribution in [-0.4, -0.2) is 77.0 Å². The normalized spacial score (nSPS) is 13.4. The molecule has 0 aliphatic carbocycles. The van der Waals surface area contributed by atoms with E-state index in [1.54, 1.807) is 72.0 Å². The quantitative estimate of drug-likeness (QED) is 0.366. The monoisotopic (exact) mass is 531 g/mol. The highest BCUT2D eigenvalue weighted by atomic mass is 16.5. The number of amides is 4. The molecule has 0 spiro atoms. The van der Waals surface area contributed by atoms with Crippen molar-refractivity contribution in [2.45, 2.75) is 19.9 Å². The number of urea groups is 1. The standard InChI is InChI=1S/C28H33N7O4/c1-21(36)31-24-5-2-3-6-25(24)33-27(37)26-8-7-22(19-30-26)20-35(14-4-13-34-15-17-39-18-16-34)28(38)32-23-9-11-29-12-10-23/h2-3,5-12,19H,4,13-18,20H2,1H3,(H,31,36)(H,33,37)(H,29,32,38). The van der Waals surface area contributed by atoms with Crippen LogP contribution in [0, 0.1) is 0 Å². The van der Waals surface area contributed by atoms with Crippen molar-refractivity contribution in [1.82, 2.24) is 19.8 Å². The first-order chi connectivity index (χ1) is 19.0. The summed E-state index contributed by atoms with van der Waals surface area (Å²) in [5, 5.41) is 8.41. The van der Waals surface area contributed by atoms with Gasteiger partial charge in [0.15, 0.2) is 0 Å². The zero-order valence-corrected chi connectivity index (χ0v) is 21.9. The van der Waals surface area contributed by atoms with E-state index >= 15 is 0 Å². The van der Waals surface area contributed by atoms with E-state index in [-0.39, 0.29) is 17.6 Å². The summed E-state index contributed by atoms with van der Waals surface area (Å²) in [5.41, 5.74) is 2.65. The smallest absolute Gasteiger partial charge is 0.322 e. The number of carbonyl (C=O) groups is 3. The number of hydrogen-bond acceptors (Lipinski definition) is 7. The van der Waals surface area contributed by atoms with Crippen molar-refractivity contribution in [3.05, 3.63) is 78.4 Å². The van der Waals surface area contributed by atoms with E-state index in [0.29, 0.717) is 30.2 Å². The van der Waals surface area contributed by atoms with Crippen molar-refractivity contribution >= 4 is 34.9 Å². The Bertz CT molecular complexity index is 1250. The third-order valence-corrected chi connectivity index (χ3v) is 6.14. The first-order valence-electron chi connectivity index (χ1n) is 12.9. The van der Waals surface area contributed by atoms with Gasteiger partial charge < -0.3 is 25.6 Å². The molecule has 204 valence electrons. The number of ether oxygens (including phenoxy) is 1. The number of aromatic nitrogens is 2. The molecule has 3 aromatic rings. The molecule has 0 bridgehead atoms. The summed E-state index contributed by atoms with van der Waals surface area (Å²) >= 11 is 0. The molecule has 3 heterocycles. The molecule has 4 rings (SSSR count). The SMILES string of the molecule is CC(=O)Nc1ccccc1NC(=O)c1ccc(CN(CCCN2CCOCC2)C(=O)Nc2ccncc2)cn1. The van der Waals surface area contributed by atoms with Crippen LogP contribution in [0.15, 0.2) is 67.1 Å². The van der Waals surface area contributed by atoms with E-state index < -0.39 is 5.91 Å². The Labute approximate surface area is 227 Å². The lowest BCUT2D eigenvalue weighted by Gasteiger charge is -2.28. The topological polar surface area (TPSA) is 129 Å². The Balaban J connectivity index is 1.39. The highest BCUT2D eigenvalue weighted by Gasteiger charge is 2.17. The van der Waals surface area contributed by atoms with Gasteiger partial charge in [0.05, 0.1) is 24.6 Å². The van der Waals surface area contributed by atoms with E-state index in [9.17, 15) is 14.4 Å². The van der Waals surface area contributed by atoms with Crippen molar-refractivity contribution < 1.29 is 19.1 Å². The zero-order chi connectivity index (χ0) is 27.5. The van der Waals surface area contributed by atoms with Crippen LogP contribution in [0.1, 0.15) is 29.4 Å². The van der Waals surface area contributed by atoms with E-state index in [0.717, 1.165) is 44.8 Å². The molecule has 0 atom stereocenters. The summed E-state index contributed by atoms with van der Waals surface area (Å²) < 4.78 is 5.42. The molecule has 1 aliphatic rings. The lowest BCUT2D eigenvalue weighted by Crippen LogP contribution is -2.40. The number of carbonyl (C=O) groups excluding carboxylic acids is 3. The van der Waals surface area contributed by atoms with Gasteiger partial charge in [-0.25, -0.2) is 4.79 Å². The zero-order valence-electron chi connectivity index (χ0n) is 21.9. The average molecular weight is 532 g/mol. The molecule has 1 aliphatic heterocycles. The maximum absolute atomic E-state index is 13.1. The molecule has 3 N–H and O–H groups in total. The summed E-state index contributed by atoms with van der Waals surface area (Å²) in [4.78, 5) is 49.8. The van der Waals surface area contributed by atoms with Crippen LogP contribution in [-0.2, 0) is 16.1 Å². The summed E-state index contributed by atoms with van der Waals surface area (Å²) in [5.74, 6) is -0.640. The van der Waals surface area contributed by atoms with Crippen LogP contribution >= 0.6 is 0 Å². The molecule has 1 fully saturated rings. The Kier molecular flexibility index (Phi) is 9.92. The molecule has 0 saturated carbocycles. The minimum atomic E-state index is -0.405. The predicted molar refractivity (Wildman–Crippen MR) is 148 cm³/mol. The van der Waals surface area contributed by atoms with Crippen LogP contribution < -0.4 is 16.0 Å². The molecule has 11 nitrogen and oxygen atoms in total. The van der Waals surface area contributed by atoms with Gasteiger partial charge in [0.25, 0.3) is 5.91 Å². The number of pyridine rings is 2. The second-order valence-corrected chi connectivity index (χ2v) is 9.13. The Morgan fingerprint density at radius 1 is 0.949 bits per heavy atom. The van der Waals surface area contributed by atoms with Crippen molar-refractivity contribution in [2.75, 3.05) is 55.3 Å². The molecule has 2 aromatic heterocycles. The minimum absolute atomic E-state index is 0.219. The van der Waals surface area contributed by atoms with Crippen LogP contribution in [0.25, 0.3) is 0 Å². The highest BCUT2D eigenvalue weighted by molar-refractivity contribution is 6.06. The van der Waals surface area contributed by atoms with Crippen molar-refractivity contribution in [2.24, 2.45) is 0 Å². The predicted octanol–water partition coefficient (Wildman–Crippen LogP) is 3.44. The van der Waals surface area contributed by atoms with Gasteiger partial charge in [0.1, 0.15) is 5.69 Å². The fourth-order valence-electron chi connectivity index (χ4n) is 4.15. The van der Waals surface area contributed by atoms with Crippen LogP contribution in [0.4, 0.5) is 21.9 Å². The number of benzene rings is 1.